The molecule has 1 aliphatic heterocycles. The molecule has 5 rings (SSSR count). The van der Waals surface area contributed by atoms with E-state index in [9.17, 15) is 5.11 Å². The van der Waals surface area contributed by atoms with E-state index >= 15 is 0 Å². The quantitative estimate of drug-likeness (QED) is 0.352. The minimum absolute atomic E-state index is 0.121. The van der Waals surface area contributed by atoms with E-state index in [0.29, 0.717) is 28.6 Å². The summed E-state index contributed by atoms with van der Waals surface area (Å²) in [5.74, 6) is 3.15. The molecule has 0 spiro atoms. The Balaban J connectivity index is 1.42. The lowest BCUT2D eigenvalue weighted by Gasteiger charge is -2.65. The molecule has 1 unspecified atom stereocenters. The van der Waals surface area contributed by atoms with Crippen molar-refractivity contribution in [2.45, 2.75) is 118 Å². The van der Waals surface area contributed by atoms with Gasteiger partial charge in [-0.1, -0.05) is 53.2 Å². The summed E-state index contributed by atoms with van der Waals surface area (Å²) in [7, 11) is 0. The second kappa shape index (κ2) is 6.89. The van der Waals surface area contributed by atoms with Gasteiger partial charge in [0.15, 0.2) is 0 Å². The number of allylic oxidation sites excluding steroid dienone is 3. The Labute approximate surface area is 197 Å². The molecule has 0 bridgehead atoms. The molecular formula is C30H48O2. The van der Waals surface area contributed by atoms with Gasteiger partial charge in [0.1, 0.15) is 0 Å². The number of epoxide rings is 1. The van der Waals surface area contributed by atoms with Crippen LogP contribution in [0.25, 0.3) is 0 Å². The summed E-state index contributed by atoms with van der Waals surface area (Å²) < 4.78 is 5.89. The van der Waals surface area contributed by atoms with Gasteiger partial charge in [-0.3, -0.25) is 0 Å². The SMILES string of the molecule is C[C@H](CCC1OC1(C)C)[C@H]1CC[C@@]2(C)[C@@H]3CC=C4[C@@H](C(O)=CCC4(C)C)[C@]3(C)CC[C@]12C. The molecule has 0 aromatic heterocycles. The molecule has 2 nitrogen and oxygen atoms in total. The van der Waals surface area contributed by atoms with Crippen molar-refractivity contribution in [1.29, 1.82) is 0 Å². The summed E-state index contributed by atoms with van der Waals surface area (Å²) in [4.78, 5) is 0. The fourth-order valence-electron chi connectivity index (χ4n) is 9.58. The van der Waals surface area contributed by atoms with E-state index in [4.69, 9.17) is 4.74 Å². The van der Waals surface area contributed by atoms with Gasteiger partial charge in [0.05, 0.1) is 17.5 Å². The minimum Gasteiger partial charge on any atom is -0.512 e. The number of rotatable bonds is 4. The van der Waals surface area contributed by atoms with E-state index in [2.05, 4.69) is 67.5 Å². The van der Waals surface area contributed by atoms with Gasteiger partial charge in [-0.15, -0.1) is 0 Å². The average Bonchev–Trinajstić information content (AvgIpc) is 3.22. The highest BCUT2D eigenvalue weighted by molar-refractivity contribution is 5.36. The third kappa shape index (κ3) is 2.99. The molecule has 1 N–H and O–H groups in total. The van der Waals surface area contributed by atoms with Crippen molar-refractivity contribution in [2.75, 3.05) is 0 Å². The lowest BCUT2D eigenvalue weighted by atomic mass is 9.39. The highest BCUT2D eigenvalue weighted by atomic mass is 16.6. The molecule has 1 heterocycles. The van der Waals surface area contributed by atoms with Crippen molar-refractivity contribution in [3.63, 3.8) is 0 Å². The fourth-order valence-corrected chi connectivity index (χ4v) is 9.58. The predicted molar refractivity (Wildman–Crippen MR) is 132 cm³/mol. The van der Waals surface area contributed by atoms with Gasteiger partial charge in [-0.05, 0) is 111 Å². The maximum atomic E-state index is 11.1. The first-order valence-electron chi connectivity index (χ1n) is 13.5. The number of fused-ring (bicyclic) bond motifs is 5. The molecule has 0 aromatic carbocycles. The van der Waals surface area contributed by atoms with Crippen LogP contribution in [0.5, 0.6) is 0 Å². The van der Waals surface area contributed by atoms with Crippen LogP contribution in [0.15, 0.2) is 23.5 Å². The van der Waals surface area contributed by atoms with Crippen LogP contribution in [-0.2, 0) is 4.74 Å². The molecule has 8 atom stereocenters. The summed E-state index contributed by atoms with van der Waals surface area (Å²) >= 11 is 0. The van der Waals surface area contributed by atoms with Crippen molar-refractivity contribution in [2.24, 2.45) is 45.3 Å². The van der Waals surface area contributed by atoms with Crippen LogP contribution >= 0.6 is 0 Å². The second-order valence-electron chi connectivity index (χ2n) is 14.3. The van der Waals surface area contributed by atoms with Gasteiger partial charge in [0.25, 0.3) is 0 Å². The smallest absolute Gasteiger partial charge is 0.0960 e. The average molecular weight is 441 g/mol. The topological polar surface area (TPSA) is 32.8 Å². The van der Waals surface area contributed by atoms with Crippen molar-refractivity contribution < 1.29 is 9.84 Å². The van der Waals surface area contributed by atoms with Crippen LogP contribution in [0.4, 0.5) is 0 Å². The zero-order valence-corrected chi connectivity index (χ0v) is 22.1. The second-order valence-corrected chi connectivity index (χ2v) is 14.3. The van der Waals surface area contributed by atoms with Crippen LogP contribution in [-0.4, -0.2) is 16.8 Å². The van der Waals surface area contributed by atoms with E-state index < -0.39 is 0 Å². The van der Waals surface area contributed by atoms with Crippen LogP contribution in [0, 0.1) is 45.3 Å². The highest BCUT2D eigenvalue weighted by Crippen LogP contribution is 2.75. The third-order valence-corrected chi connectivity index (χ3v) is 12.0. The fraction of sp³-hybridized carbons (Fsp3) is 0.867. The molecule has 3 fully saturated rings. The van der Waals surface area contributed by atoms with E-state index in [0.717, 1.165) is 18.3 Å². The number of hydrogen-bond donors (Lipinski definition) is 1. The van der Waals surface area contributed by atoms with E-state index in [-0.39, 0.29) is 22.3 Å². The van der Waals surface area contributed by atoms with Crippen LogP contribution < -0.4 is 0 Å². The normalized spacial score (nSPS) is 49.2. The predicted octanol–water partition coefficient (Wildman–Crippen LogP) is 8.24. The Morgan fingerprint density at radius 2 is 1.69 bits per heavy atom. The molecule has 2 heteroatoms. The van der Waals surface area contributed by atoms with Gasteiger partial charge in [0, 0.05) is 5.92 Å². The van der Waals surface area contributed by atoms with Gasteiger partial charge in [-0.2, -0.15) is 0 Å². The molecule has 180 valence electrons. The molecule has 1 saturated heterocycles. The Morgan fingerprint density at radius 1 is 1.00 bits per heavy atom. The lowest BCUT2D eigenvalue weighted by molar-refractivity contribution is -0.136. The molecule has 0 amide bonds. The maximum absolute atomic E-state index is 11.1. The summed E-state index contributed by atoms with van der Waals surface area (Å²) in [5, 5.41) is 11.1. The Kier molecular flexibility index (Phi) is 4.96. The standard InChI is InChI=1S/C30H48O2/c1-19(9-12-24-27(4,5)32-24)20-13-16-30(8)23-11-10-21-25(22(31)14-15-26(21,2)3)28(23,6)17-18-29(20,30)7/h10,14,19-20,23-25,31H,9,11-13,15-18H2,1-8H3/t19-,20-,23-,24?,25+,28-,29-,30+/m1/s1. The lowest BCUT2D eigenvalue weighted by Crippen LogP contribution is -2.58. The minimum atomic E-state index is 0.121. The van der Waals surface area contributed by atoms with E-state index in [1.807, 2.05) is 0 Å². The Hall–Kier alpha value is -0.760. The largest absolute Gasteiger partial charge is 0.512 e. The first-order chi connectivity index (χ1) is 14.8. The summed E-state index contributed by atoms with van der Waals surface area (Å²) in [6.45, 7) is 19.6. The zero-order chi connectivity index (χ0) is 23.3. The van der Waals surface area contributed by atoms with Crippen LogP contribution in [0.1, 0.15) is 107 Å². The number of ether oxygens (including phenoxy) is 1. The van der Waals surface area contributed by atoms with Gasteiger partial charge in [0.2, 0.25) is 0 Å². The van der Waals surface area contributed by atoms with Crippen molar-refractivity contribution in [1.82, 2.24) is 0 Å². The first-order valence-corrected chi connectivity index (χ1v) is 13.5. The molecule has 5 aliphatic rings. The van der Waals surface area contributed by atoms with Crippen molar-refractivity contribution in [3.8, 4) is 0 Å². The van der Waals surface area contributed by atoms with Gasteiger partial charge < -0.3 is 9.84 Å². The molecule has 0 aromatic rings. The zero-order valence-electron chi connectivity index (χ0n) is 22.1. The summed E-state index contributed by atoms with van der Waals surface area (Å²) in [6, 6.07) is 0. The molecule has 2 saturated carbocycles. The third-order valence-electron chi connectivity index (χ3n) is 12.0. The maximum Gasteiger partial charge on any atom is 0.0960 e. The monoisotopic (exact) mass is 440 g/mol. The highest BCUT2D eigenvalue weighted by Gasteiger charge is 2.67. The van der Waals surface area contributed by atoms with Crippen LogP contribution in [0.2, 0.25) is 0 Å². The summed E-state index contributed by atoms with van der Waals surface area (Å²) in [6.07, 6.45) is 15.2. The molecule has 32 heavy (non-hydrogen) atoms. The van der Waals surface area contributed by atoms with E-state index in [1.165, 1.54) is 50.5 Å². The number of aliphatic hydroxyl groups excluding tert-OH is 1. The Bertz CT molecular complexity index is 849. The van der Waals surface area contributed by atoms with Crippen molar-refractivity contribution >= 4 is 0 Å². The molecular weight excluding hydrogens is 392 g/mol. The summed E-state index contributed by atoms with van der Waals surface area (Å²) in [5.41, 5.74) is 2.77. The Morgan fingerprint density at radius 3 is 2.34 bits per heavy atom. The first kappa shape index (κ1) is 23.0. The molecule has 4 aliphatic carbocycles. The number of hydrogen-bond acceptors (Lipinski definition) is 2. The van der Waals surface area contributed by atoms with E-state index in [1.54, 1.807) is 0 Å². The van der Waals surface area contributed by atoms with Crippen LogP contribution in [0.3, 0.4) is 0 Å². The van der Waals surface area contributed by atoms with Gasteiger partial charge >= 0.3 is 0 Å². The van der Waals surface area contributed by atoms with Gasteiger partial charge in [-0.25, -0.2) is 0 Å². The van der Waals surface area contributed by atoms with Crippen molar-refractivity contribution in [3.05, 3.63) is 23.5 Å². The number of aliphatic hydroxyl groups is 1. The molecule has 0 radical (unpaired) electrons.